The minimum atomic E-state index is -0.395. The van der Waals surface area contributed by atoms with E-state index < -0.39 is 6.04 Å². The number of nitrogens with one attached hydrogen (secondary N) is 1. The molecule has 19 heavy (non-hydrogen) atoms. The van der Waals surface area contributed by atoms with Crippen LogP contribution in [-0.4, -0.2) is 11.0 Å². The Balaban J connectivity index is 1.94. The molecule has 3 rings (SSSR count). The molecule has 3 nitrogen and oxygen atoms in total. The summed E-state index contributed by atoms with van der Waals surface area (Å²) < 4.78 is 0. The third-order valence-electron chi connectivity index (χ3n) is 3.09. The van der Waals surface area contributed by atoms with Crippen LogP contribution in [0.5, 0.6) is 0 Å². The average Bonchev–Trinajstić information content (AvgIpc) is 2.76. The van der Waals surface area contributed by atoms with Gasteiger partial charge in [0.15, 0.2) is 5.11 Å². The first-order valence-electron chi connectivity index (χ1n) is 6.02. The summed E-state index contributed by atoms with van der Waals surface area (Å²) in [4.78, 5) is 14.0. The highest BCUT2D eigenvalue weighted by Gasteiger charge is 2.37. The summed E-state index contributed by atoms with van der Waals surface area (Å²) in [6, 6.07) is 18.6. The topological polar surface area (TPSA) is 32.3 Å². The Kier molecular flexibility index (Phi) is 3.01. The van der Waals surface area contributed by atoms with E-state index in [1.807, 2.05) is 60.7 Å². The van der Waals surface area contributed by atoms with E-state index in [2.05, 4.69) is 5.32 Å². The number of para-hydroxylation sites is 1. The molecular formula is C15H12N2OS. The Morgan fingerprint density at radius 1 is 0.947 bits per heavy atom. The molecule has 1 saturated heterocycles. The fraction of sp³-hybridized carbons (Fsp3) is 0.0667. The number of benzene rings is 2. The predicted molar refractivity (Wildman–Crippen MR) is 78.8 cm³/mol. The standard InChI is InChI=1S/C15H12N2OS/c18-14-13(11-7-3-1-4-8-11)16-15(19)17(14)12-9-5-2-6-10-12/h1-10,13H,(H,16,19)/t13-/m1/s1. The van der Waals surface area contributed by atoms with Crippen LogP contribution in [0.1, 0.15) is 11.6 Å². The molecule has 1 heterocycles. The largest absolute Gasteiger partial charge is 0.346 e. The lowest BCUT2D eigenvalue weighted by Gasteiger charge is -2.14. The third kappa shape index (κ3) is 2.11. The van der Waals surface area contributed by atoms with Crippen molar-refractivity contribution in [2.75, 3.05) is 4.90 Å². The smallest absolute Gasteiger partial charge is 0.260 e. The van der Waals surface area contributed by atoms with Crippen LogP contribution in [0.2, 0.25) is 0 Å². The van der Waals surface area contributed by atoms with Crippen molar-refractivity contribution in [3.63, 3.8) is 0 Å². The maximum absolute atomic E-state index is 12.5. The average molecular weight is 268 g/mol. The molecule has 1 fully saturated rings. The Labute approximate surface area is 116 Å². The summed E-state index contributed by atoms with van der Waals surface area (Å²) in [5.74, 6) is -0.0394. The highest BCUT2D eigenvalue weighted by atomic mass is 32.1. The number of carbonyl (C=O) groups is 1. The minimum Gasteiger partial charge on any atom is -0.346 e. The van der Waals surface area contributed by atoms with Crippen molar-refractivity contribution in [1.29, 1.82) is 0 Å². The Hall–Kier alpha value is -2.20. The quantitative estimate of drug-likeness (QED) is 0.850. The van der Waals surface area contributed by atoms with Gasteiger partial charge in [0, 0.05) is 0 Å². The normalized spacial score (nSPS) is 18.5. The van der Waals surface area contributed by atoms with E-state index in [4.69, 9.17) is 12.2 Å². The van der Waals surface area contributed by atoms with Crippen molar-refractivity contribution in [2.45, 2.75) is 6.04 Å². The van der Waals surface area contributed by atoms with Gasteiger partial charge in [-0.3, -0.25) is 9.69 Å². The van der Waals surface area contributed by atoms with Crippen LogP contribution in [0, 0.1) is 0 Å². The molecule has 1 atom stereocenters. The van der Waals surface area contributed by atoms with Crippen molar-refractivity contribution in [1.82, 2.24) is 5.32 Å². The molecule has 1 amide bonds. The fourth-order valence-corrected chi connectivity index (χ4v) is 2.49. The molecule has 0 saturated carbocycles. The SMILES string of the molecule is O=C1[C@@H](c2ccccc2)NC(=S)N1c1ccccc1. The van der Waals surface area contributed by atoms with Crippen molar-refractivity contribution < 1.29 is 4.79 Å². The molecule has 4 heteroatoms. The molecular weight excluding hydrogens is 256 g/mol. The lowest BCUT2D eigenvalue weighted by molar-refractivity contribution is -0.118. The monoisotopic (exact) mass is 268 g/mol. The van der Waals surface area contributed by atoms with E-state index in [1.165, 1.54) is 0 Å². The number of nitrogens with zero attached hydrogens (tertiary/aromatic N) is 1. The van der Waals surface area contributed by atoms with Gasteiger partial charge >= 0.3 is 0 Å². The lowest BCUT2D eigenvalue weighted by atomic mass is 10.1. The van der Waals surface area contributed by atoms with E-state index in [-0.39, 0.29) is 5.91 Å². The van der Waals surface area contributed by atoms with Crippen LogP contribution in [-0.2, 0) is 4.79 Å². The lowest BCUT2D eigenvalue weighted by Crippen LogP contribution is -2.30. The number of amides is 1. The molecule has 0 bridgehead atoms. The minimum absolute atomic E-state index is 0.0394. The molecule has 94 valence electrons. The first-order chi connectivity index (χ1) is 9.27. The van der Waals surface area contributed by atoms with Gasteiger partial charge < -0.3 is 5.32 Å². The van der Waals surface area contributed by atoms with Crippen molar-refractivity contribution in [3.05, 3.63) is 66.2 Å². The van der Waals surface area contributed by atoms with Crippen LogP contribution in [0.3, 0.4) is 0 Å². The highest BCUT2D eigenvalue weighted by molar-refractivity contribution is 7.80. The van der Waals surface area contributed by atoms with Crippen LogP contribution in [0.15, 0.2) is 60.7 Å². The number of carbonyl (C=O) groups excluding carboxylic acids is 1. The third-order valence-corrected chi connectivity index (χ3v) is 3.39. The molecule has 1 N–H and O–H groups in total. The first-order valence-corrected chi connectivity index (χ1v) is 6.42. The van der Waals surface area contributed by atoms with Crippen molar-refractivity contribution >= 4 is 28.9 Å². The van der Waals surface area contributed by atoms with Crippen LogP contribution in [0.4, 0.5) is 5.69 Å². The summed E-state index contributed by atoms with van der Waals surface area (Å²) in [5, 5.41) is 3.53. The zero-order valence-electron chi connectivity index (χ0n) is 10.1. The molecule has 2 aromatic rings. The summed E-state index contributed by atoms with van der Waals surface area (Å²) in [6.07, 6.45) is 0. The molecule has 0 radical (unpaired) electrons. The zero-order valence-corrected chi connectivity index (χ0v) is 10.9. The molecule has 0 aliphatic carbocycles. The number of rotatable bonds is 2. The van der Waals surface area contributed by atoms with Crippen LogP contribution in [0.25, 0.3) is 0 Å². The molecule has 0 aromatic heterocycles. The summed E-state index contributed by atoms with van der Waals surface area (Å²) >= 11 is 5.27. The fourth-order valence-electron chi connectivity index (χ4n) is 2.17. The molecule has 0 spiro atoms. The van der Waals surface area contributed by atoms with Gasteiger partial charge in [0.1, 0.15) is 6.04 Å². The predicted octanol–water partition coefficient (Wildman–Crippen LogP) is 2.65. The number of hydrogen-bond donors (Lipinski definition) is 1. The van der Waals surface area contributed by atoms with Gasteiger partial charge in [-0.05, 0) is 29.9 Å². The van der Waals surface area contributed by atoms with Gasteiger partial charge in [0.2, 0.25) is 0 Å². The molecule has 2 aromatic carbocycles. The van der Waals surface area contributed by atoms with Gasteiger partial charge in [-0.25, -0.2) is 0 Å². The van der Waals surface area contributed by atoms with E-state index in [9.17, 15) is 4.79 Å². The van der Waals surface area contributed by atoms with E-state index in [0.29, 0.717) is 5.11 Å². The first kappa shape index (κ1) is 11.9. The van der Waals surface area contributed by atoms with E-state index >= 15 is 0 Å². The number of thiocarbonyl (C=S) groups is 1. The van der Waals surface area contributed by atoms with Gasteiger partial charge in [-0.1, -0.05) is 48.5 Å². The number of anilines is 1. The maximum atomic E-state index is 12.5. The van der Waals surface area contributed by atoms with Crippen LogP contribution >= 0.6 is 12.2 Å². The maximum Gasteiger partial charge on any atom is 0.260 e. The molecule has 1 aliphatic heterocycles. The van der Waals surface area contributed by atoms with E-state index in [0.717, 1.165) is 11.3 Å². The summed E-state index contributed by atoms with van der Waals surface area (Å²) in [6.45, 7) is 0. The van der Waals surface area contributed by atoms with Gasteiger partial charge in [-0.15, -0.1) is 0 Å². The second-order valence-corrected chi connectivity index (χ2v) is 4.69. The van der Waals surface area contributed by atoms with Crippen LogP contribution < -0.4 is 10.2 Å². The summed E-state index contributed by atoms with van der Waals surface area (Å²) in [5.41, 5.74) is 1.72. The highest BCUT2D eigenvalue weighted by Crippen LogP contribution is 2.26. The van der Waals surface area contributed by atoms with Crippen molar-refractivity contribution in [3.8, 4) is 0 Å². The van der Waals surface area contributed by atoms with Crippen molar-refractivity contribution in [2.24, 2.45) is 0 Å². The van der Waals surface area contributed by atoms with E-state index in [1.54, 1.807) is 4.90 Å². The zero-order chi connectivity index (χ0) is 13.2. The Morgan fingerprint density at radius 2 is 1.53 bits per heavy atom. The van der Waals surface area contributed by atoms with Gasteiger partial charge in [0.05, 0.1) is 5.69 Å². The second-order valence-electron chi connectivity index (χ2n) is 4.30. The molecule has 1 aliphatic rings. The Bertz CT molecular complexity index is 613. The second kappa shape index (κ2) is 4.82. The van der Waals surface area contributed by atoms with Gasteiger partial charge in [-0.2, -0.15) is 0 Å². The molecule has 0 unspecified atom stereocenters. The number of hydrogen-bond acceptors (Lipinski definition) is 2. The van der Waals surface area contributed by atoms with Gasteiger partial charge in [0.25, 0.3) is 5.91 Å². The Morgan fingerprint density at radius 3 is 2.16 bits per heavy atom. The summed E-state index contributed by atoms with van der Waals surface area (Å²) in [7, 11) is 0.